The van der Waals surface area contributed by atoms with Gasteiger partial charge in [-0.2, -0.15) is 0 Å². The van der Waals surface area contributed by atoms with Crippen molar-refractivity contribution in [2.24, 2.45) is 0 Å². The van der Waals surface area contributed by atoms with Crippen LogP contribution >= 0.6 is 15.9 Å². The number of fused-ring (bicyclic) bond motifs is 1. The monoisotopic (exact) mass is 311 g/mol. The maximum absolute atomic E-state index is 12.0. The lowest BCUT2D eigenvalue weighted by atomic mass is 9.77. The van der Waals surface area contributed by atoms with Gasteiger partial charge in [0.2, 0.25) is 5.91 Å². The van der Waals surface area contributed by atoms with Crippen LogP contribution in [0.15, 0.2) is 24.3 Å². The highest BCUT2D eigenvalue weighted by Gasteiger charge is 2.31. The van der Waals surface area contributed by atoms with Crippen molar-refractivity contribution in [3.63, 3.8) is 0 Å². The summed E-state index contributed by atoms with van der Waals surface area (Å²) in [6.45, 7) is 1.36. The van der Waals surface area contributed by atoms with Gasteiger partial charge in [0.05, 0.1) is 12.5 Å². The molecular formula is C14H18BrNO2. The van der Waals surface area contributed by atoms with Gasteiger partial charge in [-0.25, -0.2) is 0 Å². The molecule has 0 radical (unpaired) electrons. The van der Waals surface area contributed by atoms with Gasteiger partial charge in [0.1, 0.15) is 0 Å². The van der Waals surface area contributed by atoms with Crippen LogP contribution in [0.4, 0.5) is 0 Å². The first kappa shape index (κ1) is 13.6. The summed E-state index contributed by atoms with van der Waals surface area (Å²) in [5, 5.41) is 2.99. The first-order valence-electron chi connectivity index (χ1n) is 6.21. The van der Waals surface area contributed by atoms with Crippen molar-refractivity contribution in [2.45, 2.75) is 23.6 Å². The molecule has 1 aromatic carbocycles. The third-order valence-electron chi connectivity index (χ3n) is 3.28. The van der Waals surface area contributed by atoms with E-state index in [2.05, 4.69) is 27.3 Å². The molecule has 1 aliphatic carbocycles. The summed E-state index contributed by atoms with van der Waals surface area (Å²) >= 11 is 3.51. The molecule has 0 bridgehead atoms. The van der Waals surface area contributed by atoms with E-state index in [1.807, 2.05) is 18.2 Å². The Hall–Kier alpha value is -0.870. The Morgan fingerprint density at radius 2 is 2.33 bits per heavy atom. The molecule has 1 N–H and O–H groups in total. The third kappa shape index (κ3) is 3.12. The summed E-state index contributed by atoms with van der Waals surface area (Å²) in [6.07, 6.45) is 1.76. The standard InChI is InChI=1S/C14H18BrNO2/c1-18-9-11(15)6-7-16-14(17)13-8-10-4-2-3-5-12(10)13/h2-5,11,13H,6-9H2,1H3,(H,16,17). The fourth-order valence-corrected chi connectivity index (χ4v) is 2.73. The van der Waals surface area contributed by atoms with Crippen molar-refractivity contribution in [1.82, 2.24) is 5.32 Å². The lowest BCUT2D eigenvalue weighted by Gasteiger charge is -2.29. The molecule has 0 aromatic heterocycles. The number of carbonyl (C=O) groups is 1. The Bertz CT molecular complexity index is 422. The van der Waals surface area contributed by atoms with Crippen molar-refractivity contribution >= 4 is 21.8 Å². The smallest absolute Gasteiger partial charge is 0.227 e. The Kier molecular flexibility index (Phi) is 4.78. The zero-order valence-electron chi connectivity index (χ0n) is 10.5. The number of carbonyl (C=O) groups excluding carboxylic acids is 1. The van der Waals surface area contributed by atoms with Crippen LogP contribution in [0.5, 0.6) is 0 Å². The van der Waals surface area contributed by atoms with Crippen LogP contribution in [0.2, 0.25) is 0 Å². The molecule has 1 aromatic rings. The average molecular weight is 312 g/mol. The van der Waals surface area contributed by atoms with Crippen LogP contribution in [0.25, 0.3) is 0 Å². The van der Waals surface area contributed by atoms with Crippen LogP contribution in [-0.4, -0.2) is 31.0 Å². The Morgan fingerprint density at radius 3 is 3.06 bits per heavy atom. The minimum atomic E-state index is 0.0531. The number of amides is 1. The van der Waals surface area contributed by atoms with Crippen molar-refractivity contribution in [1.29, 1.82) is 0 Å². The van der Waals surface area contributed by atoms with Crippen LogP contribution in [0, 0.1) is 0 Å². The van der Waals surface area contributed by atoms with E-state index in [-0.39, 0.29) is 11.8 Å². The molecule has 18 heavy (non-hydrogen) atoms. The number of rotatable bonds is 6. The summed E-state index contributed by atoms with van der Waals surface area (Å²) in [5.41, 5.74) is 2.48. The molecule has 1 amide bonds. The highest BCUT2D eigenvalue weighted by atomic mass is 79.9. The fraction of sp³-hybridized carbons (Fsp3) is 0.500. The molecule has 0 spiro atoms. The zero-order chi connectivity index (χ0) is 13.0. The number of ether oxygens (including phenoxy) is 1. The van der Waals surface area contributed by atoms with E-state index in [1.54, 1.807) is 7.11 Å². The van der Waals surface area contributed by atoms with Gasteiger partial charge in [0.15, 0.2) is 0 Å². The summed E-state index contributed by atoms with van der Waals surface area (Å²) in [4.78, 5) is 12.3. The lowest BCUT2D eigenvalue weighted by Crippen LogP contribution is -2.36. The summed E-state index contributed by atoms with van der Waals surface area (Å²) < 4.78 is 5.03. The number of hydrogen-bond donors (Lipinski definition) is 1. The molecule has 98 valence electrons. The maximum Gasteiger partial charge on any atom is 0.227 e. The topological polar surface area (TPSA) is 38.3 Å². The molecule has 0 aliphatic heterocycles. The Labute approximate surface area is 116 Å². The van der Waals surface area contributed by atoms with E-state index in [1.165, 1.54) is 11.1 Å². The number of methoxy groups -OCH3 is 1. The highest BCUT2D eigenvalue weighted by Crippen LogP contribution is 2.34. The summed E-state index contributed by atoms with van der Waals surface area (Å²) in [6, 6.07) is 8.14. The van der Waals surface area contributed by atoms with E-state index in [9.17, 15) is 4.79 Å². The lowest BCUT2D eigenvalue weighted by molar-refractivity contribution is -0.123. The van der Waals surface area contributed by atoms with Crippen LogP contribution in [-0.2, 0) is 16.0 Å². The first-order valence-corrected chi connectivity index (χ1v) is 7.12. The van der Waals surface area contributed by atoms with Crippen molar-refractivity contribution < 1.29 is 9.53 Å². The predicted molar refractivity (Wildman–Crippen MR) is 75.1 cm³/mol. The van der Waals surface area contributed by atoms with Crippen molar-refractivity contribution in [3.8, 4) is 0 Å². The molecule has 0 heterocycles. The molecular weight excluding hydrogens is 294 g/mol. The molecule has 0 fully saturated rings. The summed E-state index contributed by atoms with van der Waals surface area (Å²) in [7, 11) is 1.68. The number of alkyl halides is 1. The number of benzene rings is 1. The van der Waals surface area contributed by atoms with Gasteiger partial charge in [-0.3, -0.25) is 4.79 Å². The van der Waals surface area contributed by atoms with Crippen LogP contribution in [0.3, 0.4) is 0 Å². The molecule has 2 atom stereocenters. The second-order valence-corrected chi connectivity index (χ2v) is 5.88. The van der Waals surface area contributed by atoms with Gasteiger partial charge in [-0.05, 0) is 24.0 Å². The van der Waals surface area contributed by atoms with E-state index in [0.29, 0.717) is 18.0 Å². The molecule has 1 aliphatic rings. The minimum Gasteiger partial charge on any atom is -0.384 e. The average Bonchev–Trinajstić information content (AvgIpc) is 2.31. The maximum atomic E-state index is 12.0. The molecule has 4 heteroatoms. The second-order valence-electron chi connectivity index (χ2n) is 4.59. The quantitative estimate of drug-likeness (QED) is 0.818. The molecule has 2 rings (SSSR count). The summed E-state index contributed by atoms with van der Waals surface area (Å²) in [5.74, 6) is 0.197. The van der Waals surface area contributed by atoms with Crippen LogP contribution in [0.1, 0.15) is 23.5 Å². The second kappa shape index (κ2) is 6.34. The third-order valence-corrected chi connectivity index (χ3v) is 4.00. The van der Waals surface area contributed by atoms with E-state index in [0.717, 1.165) is 12.8 Å². The van der Waals surface area contributed by atoms with Gasteiger partial charge >= 0.3 is 0 Å². The van der Waals surface area contributed by atoms with Gasteiger partial charge in [-0.15, -0.1) is 0 Å². The molecule has 0 saturated heterocycles. The van der Waals surface area contributed by atoms with E-state index in [4.69, 9.17) is 4.74 Å². The number of nitrogens with one attached hydrogen (secondary N) is 1. The van der Waals surface area contributed by atoms with Gasteiger partial charge in [-0.1, -0.05) is 40.2 Å². The van der Waals surface area contributed by atoms with Crippen LogP contribution < -0.4 is 5.32 Å². The molecule has 3 nitrogen and oxygen atoms in total. The minimum absolute atomic E-state index is 0.0531. The molecule has 2 unspecified atom stereocenters. The Balaban J connectivity index is 1.74. The largest absolute Gasteiger partial charge is 0.384 e. The van der Waals surface area contributed by atoms with E-state index < -0.39 is 0 Å². The van der Waals surface area contributed by atoms with Gasteiger partial charge in [0.25, 0.3) is 0 Å². The zero-order valence-corrected chi connectivity index (χ0v) is 12.1. The highest BCUT2D eigenvalue weighted by molar-refractivity contribution is 9.09. The molecule has 0 saturated carbocycles. The SMILES string of the molecule is COCC(Br)CCNC(=O)C1Cc2ccccc21. The van der Waals surface area contributed by atoms with Crippen molar-refractivity contribution in [3.05, 3.63) is 35.4 Å². The van der Waals surface area contributed by atoms with E-state index >= 15 is 0 Å². The normalized spacial score (nSPS) is 18.7. The number of hydrogen-bond acceptors (Lipinski definition) is 2. The fourth-order valence-electron chi connectivity index (χ4n) is 2.23. The van der Waals surface area contributed by atoms with Crippen molar-refractivity contribution in [2.75, 3.05) is 20.3 Å². The van der Waals surface area contributed by atoms with Gasteiger partial charge in [0, 0.05) is 18.5 Å². The Morgan fingerprint density at radius 1 is 1.56 bits per heavy atom. The number of halogens is 1. The first-order chi connectivity index (χ1) is 8.72. The van der Waals surface area contributed by atoms with Gasteiger partial charge < -0.3 is 10.1 Å². The predicted octanol–water partition coefficient (Wildman–Crippen LogP) is 2.24.